The van der Waals surface area contributed by atoms with Crippen molar-refractivity contribution >= 4 is 0 Å². The van der Waals surface area contributed by atoms with Crippen molar-refractivity contribution in [2.45, 2.75) is 65.3 Å². The fraction of sp³-hybridized carbons (Fsp3) is 0.714. The largest absolute Gasteiger partial charge is 0.348 e. The van der Waals surface area contributed by atoms with Crippen LogP contribution in [0.3, 0.4) is 0 Å². The summed E-state index contributed by atoms with van der Waals surface area (Å²) < 4.78 is 2.59. The predicted octanol–water partition coefficient (Wildman–Crippen LogP) is 4.07. The highest BCUT2D eigenvalue weighted by Gasteiger charge is 2.20. The first kappa shape index (κ1) is 10.8. The Morgan fingerprint density at radius 1 is 1.07 bits per heavy atom. The second kappa shape index (κ2) is 4.03. The molecule has 0 N–H and O–H groups in total. The summed E-state index contributed by atoms with van der Waals surface area (Å²) in [5.74, 6) is 1.33. The van der Waals surface area contributed by atoms with Crippen molar-refractivity contribution in [2.24, 2.45) is 0 Å². The zero-order valence-electron chi connectivity index (χ0n) is 10.5. The zero-order chi connectivity index (χ0) is 11.0. The molecule has 1 aliphatic rings. The first-order valence-electron chi connectivity index (χ1n) is 6.33. The molecule has 0 fully saturated rings. The smallest absolute Gasteiger partial charge is 0.0237 e. The third-order valence-electron chi connectivity index (χ3n) is 3.49. The number of fused-ring (bicyclic) bond motifs is 1. The van der Waals surface area contributed by atoms with E-state index in [0.29, 0.717) is 11.8 Å². The van der Waals surface area contributed by atoms with Gasteiger partial charge < -0.3 is 4.57 Å². The summed E-state index contributed by atoms with van der Waals surface area (Å²) in [6.45, 7) is 10.5. The van der Waals surface area contributed by atoms with Crippen molar-refractivity contribution < 1.29 is 0 Å². The highest BCUT2D eigenvalue weighted by Crippen LogP contribution is 2.32. The molecule has 2 heterocycles. The minimum atomic E-state index is 0.661. The lowest BCUT2D eigenvalue weighted by Gasteiger charge is -2.21. The molecule has 15 heavy (non-hydrogen) atoms. The van der Waals surface area contributed by atoms with Gasteiger partial charge in [0.2, 0.25) is 0 Å². The van der Waals surface area contributed by atoms with Gasteiger partial charge >= 0.3 is 0 Å². The summed E-state index contributed by atoms with van der Waals surface area (Å²) in [5.41, 5.74) is 4.76. The zero-order valence-corrected chi connectivity index (χ0v) is 10.5. The van der Waals surface area contributed by atoms with Gasteiger partial charge in [-0.15, -0.1) is 0 Å². The van der Waals surface area contributed by atoms with Gasteiger partial charge in [-0.25, -0.2) is 0 Å². The lowest BCUT2D eigenvalue weighted by molar-refractivity contribution is 0.506. The van der Waals surface area contributed by atoms with Crippen LogP contribution in [0.1, 0.15) is 69.3 Å². The fourth-order valence-electron chi connectivity index (χ4n) is 2.80. The van der Waals surface area contributed by atoms with Crippen molar-refractivity contribution in [1.29, 1.82) is 0 Å². The maximum atomic E-state index is 2.59. The van der Waals surface area contributed by atoms with Crippen molar-refractivity contribution in [3.8, 4) is 0 Å². The van der Waals surface area contributed by atoms with Crippen LogP contribution in [0.5, 0.6) is 0 Å². The van der Waals surface area contributed by atoms with Gasteiger partial charge in [-0.05, 0) is 42.7 Å². The van der Waals surface area contributed by atoms with Gasteiger partial charge in [-0.1, -0.05) is 27.7 Å². The molecule has 1 nitrogen and oxygen atoms in total. The van der Waals surface area contributed by atoms with E-state index in [4.69, 9.17) is 0 Å². The number of aromatic nitrogens is 1. The molecule has 0 saturated heterocycles. The van der Waals surface area contributed by atoms with Crippen LogP contribution >= 0.6 is 0 Å². The van der Waals surface area contributed by atoms with Crippen molar-refractivity contribution in [2.75, 3.05) is 0 Å². The highest BCUT2D eigenvalue weighted by atomic mass is 15.0. The molecule has 2 rings (SSSR count). The molecule has 1 aromatic rings. The number of aryl methyl sites for hydroxylation is 1. The molecular formula is C14H23N. The second-order valence-corrected chi connectivity index (χ2v) is 5.39. The van der Waals surface area contributed by atoms with Crippen molar-refractivity contribution in [3.05, 3.63) is 23.0 Å². The molecule has 0 aromatic carbocycles. The van der Waals surface area contributed by atoms with Crippen LogP contribution in [0.25, 0.3) is 0 Å². The molecule has 0 bridgehead atoms. The van der Waals surface area contributed by atoms with Crippen molar-refractivity contribution in [3.63, 3.8) is 0 Å². The lowest BCUT2D eigenvalue weighted by atomic mass is 9.97. The van der Waals surface area contributed by atoms with Gasteiger partial charge in [0, 0.05) is 17.9 Å². The van der Waals surface area contributed by atoms with Crippen LogP contribution in [0.2, 0.25) is 0 Å². The van der Waals surface area contributed by atoms with Gasteiger partial charge in [0.25, 0.3) is 0 Å². The average molecular weight is 205 g/mol. The van der Waals surface area contributed by atoms with Gasteiger partial charge in [-0.3, -0.25) is 0 Å². The topological polar surface area (TPSA) is 4.93 Å². The van der Waals surface area contributed by atoms with Crippen molar-refractivity contribution in [1.82, 2.24) is 4.57 Å². The Morgan fingerprint density at radius 2 is 1.80 bits per heavy atom. The molecule has 0 spiro atoms. The van der Waals surface area contributed by atoms with Crippen LogP contribution in [-0.2, 0) is 13.0 Å². The molecule has 0 saturated carbocycles. The molecule has 0 amide bonds. The van der Waals surface area contributed by atoms with Crippen LogP contribution in [-0.4, -0.2) is 4.57 Å². The molecule has 0 unspecified atom stereocenters. The summed E-state index contributed by atoms with van der Waals surface area (Å²) in [4.78, 5) is 0. The van der Waals surface area contributed by atoms with Crippen LogP contribution in [0, 0.1) is 0 Å². The SMILES string of the molecule is CC(C)c1cc2n(c1C(C)C)CCCC2. The third kappa shape index (κ3) is 1.84. The molecule has 84 valence electrons. The van der Waals surface area contributed by atoms with E-state index < -0.39 is 0 Å². The van der Waals surface area contributed by atoms with Gasteiger partial charge in [-0.2, -0.15) is 0 Å². The minimum absolute atomic E-state index is 0.661. The van der Waals surface area contributed by atoms with Gasteiger partial charge in [0.15, 0.2) is 0 Å². The molecule has 1 aliphatic heterocycles. The quantitative estimate of drug-likeness (QED) is 0.686. The van der Waals surface area contributed by atoms with Crippen LogP contribution < -0.4 is 0 Å². The lowest BCUT2D eigenvalue weighted by Crippen LogP contribution is -2.13. The van der Waals surface area contributed by atoms with Gasteiger partial charge in [0.05, 0.1) is 0 Å². The molecule has 0 aliphatic carbocycles. The van der Waals surface area contributed by atoms with E-state index in [1.807, 2.05) is 0 Å². The number of hydrogen-bond donors (Lipinski definition) is 0. The molecule has 0 atom stereocenters. The summed E-state index contributed by atoms with van der Waals surface area (Å²) in [7, 11) is 0. The van der Waals surface area contributed by atoms with E-state index in [1.54, 1.807) is 17.0 Å². The third-order valence-corrected chi connectivity index (χ3v) is 3.49. The van der Waals surface area contributed by atoms with Crippen LogP contribution in [0.4, 0.5) is 0 Å². The van der Waals surface area contributed by atoms with Crippen LogP contribution in [0.15, 0.2) is 6.07 Å². The number of nitrogens with zero attached hydrogens (tertiary/aromatic N) is 1. The minimum Gasteiger partial charge on any atom is -0.348 e. The number of hydrogen-bond acceptors (Lipinski definition) is 0. The Balaban J connectivity index is 2.51. The van der Waals surface area contributed by atoms with E-state index in [1.165, 1.54) is 25.8 Å². The van der Waals surface area contributed by atoms with E-state index in [0.717, 1.165) is 0 Å². The summed E-state index contributed by atoms with van der Waals surface area (Å²) in [5, 5.41) is 0. The first-order chi connectivity index (χ1) is 7.11. The molecule has 1 heteroatoms. The van der Waals surface area contributed by atoms with E-state index in [-0.39, 0.29) is 0 Å². The average Bonchev–Trinajstić information content (AvgIpc) is 2.56. The normalized spacial score (nSPS) is 16.1. The number of rotatable bonds is 2. The maximum absolute atomic E-state index is 2.59. The Bertz CT molecular complexity index is 344. The standard InChI is InChI=1S/C14H23N/c1-10(2)13-9-12-7-5-6-8-15(12)14(13)11(3)4/h9-11H,5-8H2,1-4H3. The van der Waals surface area contributed by atoms with Gasteiger partial charge in [0.1, 0.15) is 0 Å². The summed E-state index contributed by atoms with van der Waals surface area (Å²) >= 11 is 0. The molecular weight excluding hydrogens is 182 g/mol. The van der Waals surface area contributed by atoms with E-state index in [2.05, 4.69) is 38.3 Å². The predicted molar refractivity (Wildman–Crippen MR) is 65.5 cm³/mol. The fourth-order valence-corrected chi connectivity index (χ4v) is 2.80. The van der Waals surface area contributed by atoms with E-state index >= 15 is 0 Å². The Hall–Kier alpha value is -0.720. The summed E-state index contributed by atoms with van der Waals surface area (Å²) in [6.07, 6.45) is 4.02. The molecule has 1 aromatic heterocycles. The molecule has 0 radical (unpaired) electrons. The monoisotopic (exact) mass is 205 g/mol. The Kier molecular flexibility index (Phi) is 2.90. The summed E-state index contributed by atoms with van der Waals surface area (Å²) in [6, 6.07) is 2.46. The Labute approximate surface area is 93.5 Å². The maximum Gasteiger partial charge on any atom is 0.0237 e. The Morgan fingerprint density at radius 3 is 2.40 bits per heavy atom. The van der Waals surface area contributed by atoms with E-state index in [9.17, 15) is 0 Å². The first-order valence-corrected chi connectivity index (χ1v) is 6.33. The second-order valence-electron chi connectivity index (χ2n) is 5.39. The highest BCUT2D eigenvalue weighted by molar-refractivity contribution is 5.33.